The molecule has 0 N–H and O–H groups in total. The van der Waals surface area contributed by atoms with Crippen molar-refractivity contribution in [2.45, 2.75) is 20.0 Å². The van der Waals surface area contributed by atoms with Crippen molar-refractivity contribution in [3.05, 3.63) is 71.8 Å². The van der Waals surface area contributed by atoms with E-state index < -0.39 is 11.9 Å². The molecule has 0 fully saturated rings. The monoisotopic (exact) mass is 346 g/mol. The van der Waals surface area contributed by atoms with Crippen molar-refractivity contribution >= 4 is 18.4 Å². The lowest BCUT2D eigenvalue weighted by molar-refractivity contribution is -0.279. The molecule has 0 unspecified atom stereocenters. The number of hydrogen-bond donors (Lipinski definition) is 0. The third-order valence-electron chi connectivity index (χ3n) is 2.50. The van der Waals surface area contributed by atoms with Crippen LogP contribution in [0.2, 0.25) is 0 Å². The number of carbonyl (C=O) groups is 3. The molecule has 0 aromatic heterocycles. The minimum atomic E-state index is -0.708. The molecule has 0 radical (unpaired) electrons. The molecule has 2 aromatic rings. The Balaban J connectivity index is 0.000000381. The summed E-state index contributed by atoms with van der Waals surface area (Å²) in [6, 6.07) is 16.6. The molecule has 2 rings (SSSR count). The third kappa shape index (κ3) is 8.29. The zero-order valence-electron chi connectivity index (χ0n) is 13.8. The number of carbonyl (C=O) groups excluding carboxylic acids is 3. The third-order valence-corrected chi connectivity index (χ3v) is 2.50. The summed E-state index contributed by atoms with van der Waals surface area (Å²) in [5.41, 5.74) is 0.636. The van der Waals surface area contributed by atoms with Crippen molar-refractivity contribution in [1.29, 1.82) is 0 Å². The highest BCUT2D eigenvalue weighted by Gasteiger charge is 2.12. The molecule has 0 aliphatic heterocycles. The maximum atomic E-state index is 11.5. The van der Waals surface area contributed by atoms with Gasteiger partial charge in [0.05, 0.1) is 17.2 Å². The highest BCUT2D eigenvalue weighted by Crippen LogP contribution is 2.05. The van der Waals surface area contributed by atoms with Gasteiger partial charge in [-0.15, -0.1) is 0 Å². The topological polar surface area (TPSA) is 88.1 Å². The van der Waals surface area contributed by atoms with Gasteiger partial charge in [0.2, 0.25) is 0 Å². The summed E-state index contributed by atoms with van der Waals surface area (Å²) < 4.78 is 0. The average Bonchev–Trinajstić information content (AvgIpc) is 2.66. The lowest BCUT2D eigenvalue weighted by Crippen LogP contribution is -2.11. The maximum Gasteiger partial charge on any atom is 0.386 e. The molecule has 7 nitrogen and oxygen atoms in total. The molecule has 7 heteroatoms. The quantitative estimate of drug-likeness (QED) is 0.467. The summed E-state index contributed by atoms with van der Waals surface area (Å²) in [5.74, 6) is -1.42. The van der Waals surface area contributed by atoms with Crippen molar-refractivity contribution < 1.29 is 33.9 Å². The molecule has 132 valence electrons. The molecule has 25 heavy (non-hydrogen) atoms. The van der Waals surface area contributed by atoms with E-state index in [0.29, 0.717) is 11.1 Å². The van der Waals surface area contributed by atoms with E-state index in [1.165, 1.54) is 0 Å². The summed E-state index contributed by atoms with van der Waals surface area (Å²) in [7, 11) is 0. The van der Waals surface area contributed by atoms with E-state index in [1.807, 2.05) is 0 Å². The Morgan fingerprint density at radius 3 is 1.48 bits per heavy atom. The van der Waals surface area contributed by atoms with Crippen LogP contribution < -0.4 is 0 Å². The summed E-state index contributed by atoms with van der Waals surface area (Å²) in [6.45, 7) is 3.78. The zero-order chi connectivity index (χ0) is 18.5. The standard InChI is InChI=1S/C14H10O4.C4H8O3/c15-13(11-7-3-1-4-8-11)17-18-14(16)12-9-5-2-6-10-12;1-4(2)7-6-3-5/h1-10H;3-4H,1-2H3. The van der Waals surface area contributed by atoms with Gasteiger partial charge in [-0.3, -0.25) is 4.79 Å². The molecule has 0 spiro atoms. The highest BCUT2D eigenvalue weighted by molar-refractivity contribution is 5.92. The van der Waals surface area contributed by atoms with Gasteiger partial charge in [-0.25, -0.2) is 19.4 Å². The molecule has 0 aliphatic carbocycles. The normalized spacial score (nSPS) is 9.40. The Labute approximate surface area is 144 Å². The van der Waals surface area contributed by atoms with E-state index >= 15 is 0 Å². The SMILES string of the molecule is CC(C)OOC=O.O=C(OOC(=O)c1ccccc1)c1ccccc1. The van der Waals surface area contributed by atoms with Crippen LogP contribution >= 0.6 is 0 Å². The van der Waals surface area contributed by atoms with Gasteiger partial charge in [-0.2, -0.15) is 4.89 Å². The second-order valence-electron chi connectivity index (χ2n) is 4.81. The average molecular weight is 346 g/mol. The minimum Gasteiger partial charge on any atom is -0.302 e. The van der Waals surface area contributed by atoms with Crippen molar-refractivity contribution in [2.75, 3.05) is 0 Å². The first kappa shape index (κ1) is 19.9. The van der Waals surface area contributed by atoms with Crippen molar-refractivity contribution in [2.24, 2.45) is 0 Å². The fourth-order valence-corrected chi connectivity index (χ4v) is 1.45. The van der Waals surface area contributed by atoms with Crippen molar-refractivity contribution in [3.63, 3.8) is 0 Å². The number of rotatable bonds is 5. The maximum absolute atomic E-state index is 11.5. The van der Waals surface area contributed by atoms with Crippen molar-refractivity contribution in [3.8, 4) is 0 Å². The fourth-order valence-electron chi connectivity index (χ4n) is 1.45. The first-order chi connectivity index (χ1) is 12.0. The van der Waals surface area contributed by atoms with Gasteiger partial charge < -0.3 is 4.89 Å². The molecule has 2 aromatic carbocycles. The van der Waals surface area contributed by atoms with Gasteiger partial charge in [0.15, 0.2) is 0 Å². The van der Waals surface area contributed by atoms with E-state index in [-0.39, 0.29) is 12.6 Å². The first-order valence-corrected chi connectivity index (χ1v) is 7.33. The van der Waals surface area contributed by atoms with Gasteiger partial charge in [0.1, 0.15) is 0 Å². The predicted molar refractivity (Wildman–Crippen MR) is 87.1 cm³/mol. The smallest absolute Gasteiger partial charge is 0.302 e. The Hall–Kier alpha value is -3.19. The van der Waals surface area contributed by atoms with Gasteiger partial charge in [-0.1, -0.05) is 36.4 Å². The lowest BCUT2D eigenvalue weighted by Gasteiger charge is -2.02. The molecule has 0 atom stereocenters. The van der Waals surface area contributed by atoms with E-state index in [0.717, 1.165) is 0 Å². The molecule has 0 saturated heterocycles. The summed E-state index contributed by atoms with van der Waals surface area (Å²) in [5, 5.41) is 0. The van der Waals surface area contributed by atoms with Crippen LogP contribution in [0.5, 0.6) is 0 Å². The van der Waals surface area contributed by atoms with Crippen LogP contribution in [0.4, 0.5) is 0 Å². The van der Waals surface area contributed by atoms with Crippen LogP contribution in [0.1, 0.15) is 34.6 Å². The largest absolute Gasteiger partial charge is 0.386 e. The van der Waals surface area contributed by atoms with E-state index in [1.54, 1.807) is 74.5 Å². The Bertz CT molecular complexity index is 602. The molecule has 0 amide bonds. The van der Waals surface area contributed by atoms with Gasteiger partial charge in [0, 0.05) is 0 Å². The molecular formula is C18H18O7. The van der Waals surface area contributed by atoms with Crippen LogP contribution in [-0.4, -0.2) is 24.5 Å². The molecule has 0 heterocycles. The van der Waals surface area contributed by atoms with Crippen LogP contribution in [0, 0.1) is 0 Å². The lowest BCUT2D eigenvalue weighted by atomic mass is 10.2. The minimum absolute atomic E-state index is 0.0507. The van der Waals surface area contributed by atoms with Crippen LogP contribution in [0.15, 0.2) is 60.7 Å². The van der Waals surface area contributed by atoms with Gasteiger partial charge >= 0.3 is 18.4 Å². The Morgan fingerprint density at radius 1 is 0.800 bits per heavy atom. The van der Waals surface area contributed by atoms with E-state index in [2.05, 4.69) is 19.6 Å². The molecular weight excluding hydrogens is 328 g/mol. The van der Waals surface area contributed by atoms with Crippen LogP contribution in [0.3, 0.4) is 0 Å². The highest BCUT2D eigenvalue weighted by atomic mass is 17.2. The second-order valence-corrected chi connectivity index (χ2v) is 4.81. The van der Waals surface area contributed by atoms with Gasteiger partial charge in [0.25, 0.3) is 0 Å². The van der Waals surface area contributed by atoms with Crippen LogP contribution in [0.25, 0.3) is 0 Å². The molecule has 0 bridgehead atoms. The van der Waals surface area contributed by atoms with Crippen LogP contribution in [-0.2, 0) is 24.3 Å². The zero-order valence-corrected chi connectivity index (χ0v) is 13.8. The second kappa shape index (κ2) is 11.4. The summed E-state index contributed by atoms with van der Waals surface area (Å²) in [6.07, 6.45) is -0.0507. The molecule has 0 aliphatic rings. The van der Waals surface area contributed by atoms with E-state index in [9.17, 15) is 14.4 Å². The predicted octanol–water partition coefficient (Wildman–Crippen LogP) is 3.11. The van der Waals surface area contributed by atoms with Crippen molar-refractivity contribution in [1.82, 2.24) is 0 Å². The van der Waals surface area contributed by atoms with Gasteiger partial charge in [-0.05, 0) is 38.1 Å². The number of hydrogen-bond acceptors (Lipinski definition) is 7. The first-order valence-electron chi connectivity index (χ1n) is 7.33. The molecule has 0 saturated carbocycles. The Kier molecular flexibility index (Phi) is 9.02. The van der Waals surface area contributed by atoms with E-state index in [4.69, 9.17) is 0 Å². The summed E-state index contributed by atoms with van der Waals surface area (Å²) in [4.78, 5) is 49.5. The Morgan fingerprint density at radius 2 is 1.20 bits per heavy atom. The summed E-state index contributed by atoms with van der Waals surface area (Å²) >= 11 is 0. The number of benzene rings is 2. The fraction of sp³-hybridized carbons (Fsp3) is 0.167.